The van der Waals surface area contributed by atoms with Gasteiger partial charge in [-0.2, -0.15) is 13.5 Å². The number of hydrogen-bond donors (Lipinski definition) is 1. The minimum atomic E-state index is -3.95. The van der Waals surface area contributed by atoms with Gasteiger partial charge in [-0.1, -0.05) is 0 Å². The lowest BCUT2D eigenvalue weighted by Gasteiger charge is -2.09. The van der Waals surface area contributed by atoms with Crippen LogP contribution in [0.2, 0.25) is 0 Å². The molecular formula is C12H16N6O2S. The number of sulfonamides is 1. The third kappa shape index (κ3) is 3.19. The molecule has 0 atom stereocenters. The highest BCUT2D eigenvalue weighted by atomic mass is 32.2. The summed E-state index contributed by atoms with van der Waals surface area (Å²) in [7, 11) is 1.13. The van der Waals surface area contributed by atoms with E-state index < -0.39 is 10.0 Å². The Kier molecular flexibility index (Phi) is 3.94. The molecule has 0 unspecified atom stereocenters. The molecule has 2 aromatic rings. The molecule has 21 heavy (non-hydrogen) atoms. The summed E-state index contributed by atoms with van der Waals surface area (Å²) in [6.07, 6.45) is 5.84. The third-order valence-corrected chi connectivity index (χ3v) is 3.90. The summed E-state index contributed by atoms with van der Waals surface area (Å²) in [5.41, 5.74) is 6.72. The van der Waals surface area contributed by atoms with Gasteiger partial charge in [0.25, 0.3) is 10.0 Å². The number of nitrogen functional groups attached to an aromatic ring is 1. The molecule has 0 aliphatic heterocycles. The molecule has 2 N–H and O–H groups in total. The van der Waals surface area contributed by atoms with Gasteiger partial charge in [-0.15, -0.1) is 4.40 Å². The fourth-order valence-electron chi connectivity index (χ4n) is 1.69. The summed E-state index contributed by atoms with van der Waals surface area (Å²) in [6, 6.07) is 1.43. The lowest BCUT2D eigenvalue weighted by Crippen LogP contribution is -2.12. The molecule has 112 valence electrons. The quantitative estimate of drug-likeness (QED) is 0.645. The number of aryl methyl sites for hydroxylation is 1. The lowest BCUT2D eigenvalue weighted by atomic mass is 10.2. The maximum atomic E-state index is 12.4. The first-order chi connectivity index (χ1) is 9.81. The van der Waals surface area contributed by atoms with Crippen LogP contribution in [-0.2, 0) is 17.1 Å². The zero-order valence-corrected chi connectivity index (χ0v) is 12.7. The van der Waals surface area contributed by atoms with E-state index in [0.717, 1.165) is 0 Å². The molecule has 0 fully saturated rings. The Morgan fingerprint density at radius 1 is 1.43 bits per heavy atom. The van der Waals surface area contributed by atoms with Crippen molar-refractivity contribution in [2.45, 2.75) is 4.90 Å². The minimum absolute atomic E-state index is 0.0970. The molecule has 9 heteroatoms. The van der Waals surface area contributed by atoms with Crippen molar-refractivity contribution in [3.8, 4) is 11.3 Å². The molecule has 0 aliphatic carbocycles. The van der Waals surface area contributed by atoms with Gasteiger partial charge in [-0.3, -0.25) is 9.67 Å². The van der Waals surface area contributed by atoms with E-state index in [2.05, 4.69) is 14.5 Å². The Balaban J connectivity index is 2.63. The van der Waals surface area contributed by atoms with E-state index in [-0.39, 0.29) is 16.3 Å². The summed E-state index contributed by atoms with van der Waals surface area (Å²) in [5.74, 6) is 0. The number of aromatic nitrogens is 3. The molecule has 0 amide bonds. The first-order valence-corrected chi connectivity index (χ1v) is 7.45. The Labute approximate surface area is 123 Å². The van der Waals surface area contributed by atoms with Gasteiger partial charge in [0, 0.05) is 39.1 Å². The van der Waals surface area contributed by atoms with Crippen molar-refractivity contribution in [1.82, 2.24) is 19.7 Å². The van der Waals surface area contributed by atoms with Crippen molar-refractivity contribution in [3.63, 3.8) is 0 Å². The topological polar surface area (TPSA) is 106 Å². The number of rotatable bonds is 4. The standard InChI is InChI=1S/C12H16N6O2S/c1-17(2)8-16-21(19,20)12-10(13)4-5-14-11(12)9-6-15-18(3)7-9/h4-8H,1-3H3,(H2,13,14). The van der Waals surface area contributed by atoms with Crippen LogP contribution in [0.3, 0.4) is 0 Å². The van der Waals surface area contributed by atoms with Crippen molar-refractivity contribution in [2.75, 3.05) is 19.8 Å². The van der Waals surface area contributed by atoms with Crippen LogP contribution in [0.1, 0.15) is 0 Å². The number of hydrogen-bond acceptors (Lipinski definition) is 5. The van der Waals surface area contributed by atoms with Crippen molar-refractivity contribution in [3.05, 3.63) is 24.7 Å². The highest BCUT2D eigenvalue weighted by molar-refractivity contribution is 7.90. The molecule has 2 heterocycles. The summed E-state index contributed by atoms with van der Waals surface area (Å²) in [5, 5.41) is 4.01. The highest BCUT2D eigenvalue weighted by Gasteiger charge is 2.23. The molecule has 0 radical (unpaired) electrons. The van der Waals surface area contributed by atoms with Gasteiger partial charge < -0.3 is 10.6 Å². The zero-order chi connectivity index (χ0) is 15.6. The van der Waals surface area contributed by atoms with Crippen LogP contribution in [0.5, 0.6) is 0 Å². The Morgan fingerprint density at radius 2 is 2.14 bits per heavy atom. The average Bonchev–Trinajstić information content (AvgIpc) is 2.82. The largest absolute Gasteiger partial charge is 0.398 e. The van der Waals surface area contributed by atoms with Crippen molar-refractivity contribution >= 4 is 22.0 Å². The average molecular weight is 308 g/mol. The summed E-state index contributed by atoms with van der Waals surface area (Å²) in [4.78, 5) is 5.52. The summed E-state index contributed by atoms with van der Waals surface area (Å²) < 4.78 is 29.9. The molecule has 0 aromatic carbocycles. The van der Waals surface area contributed by atoms with E-state index >= 15 is 0 Å². The van der Waals surface area contributed by atoms with Crippen LogP contribution >= 0.6 is 0 Å². The van der Waals surface area contributed by atoms with Crippen molar-refractivity contribution in [2.24, 2.45) is 11.4 Å². The van der Waals surface area contributed by atoms with Crippen LogP contribution in [0.4, 0.5) is 5.69 Å². The fourth-order valence-corrected chi connectivity index (χ4v) is 2.89. The molecule has 8 nitrogen and oxygen atoms in total. The van der Waals surface area contributed by atoms with Gasteiger partial charge >= 0.3 is 0 Å². The third-order valence-electron chi connectivity index (χ3n) is 2.59. The van der Waals surface area contributed by atoms with Crippen LogP contribution in [0.25, 0.3) is 11.3 Å². The fraction of sp³-hybridized carbons (Fsp3) is 0.250. The Morgan fingerprint density at radius 3 is 2.71 bits per heavy atom. The molecule has 2 rings (SSSR count). The van der Waals surface area contributed by atoms with Gasteiger partial charge in [-0.05, 0) is 6.07 Å². The van der Waals surface area contributed by atoms with E-state index in [4.69, 9.17) is 5.73 Å². The number of pyridine rings is 1. The van der Waals surface area contributed by atoms with Gasteiger partial charge in [0.1, 0.15) is 11.2 Å². The van der Waals surface area contributed by atoms with E-state index in [0.29, 0.717) is 5.56 Å². The van der Waals surface area contributed by atoms with E-state index in [1.165, 1.54) is 29.7 Å². The Bertz CT molecular complexity index is 779. The summed E-state index contributed by atoms with van der Waals surface area (Å²) in [6.45, 7) is 0. The molecule has 2 aromatic heterocycles. The van der Waals surface area contributed by atoms with Gasteiger partial charge in [0.15, 0.2) is 0 Å². The predicted molar refractivity (Wildman–Crippen MR) is 80.2 cm³/mol. The number of nitrogens with zero attached hydrogens (tertiary/aromatic N) is 5. The van der Waals surface area contributed by atoms with Crippen molar-refractivity contribution in [1.29, 1.82) is 0 Å². The van der Waals surface area contributed by atoms with Gasteiger partial charge in [0.2, 0.25) is 0 Å². The van der Waals surface area contributed by atoms with Gasteiger partial charge in [0.05, 0.1) is 17.6 Å². The second kappa shape index (κ2) is 5.52. The maximum absolute atomic E-state index is 12.4. The monoisotopic (exact) mass is 308 g/mol. The molecule has 0 bridgehead atoms. The van der Waals surface area contributed by atoms with E-state index in [1.807, 2.05) is 0 Å². The van der Waals surface area contributed by atoms with Crippen LogP contribution in [0, 0.1) is 0 Å². The minimum Gasteiger partial charge on any atom is -0.398 e. The highest BCUT2D eigenvalue weighted by Crippen LogP contribution is 2.30. The molecule has 0 saturated carbocycles. The predicted octanol–water partition coefficient (Wildman–Crippen LogP) is 0.343. The van der Waals surface area contributed by atoms with E-state index in [1.54, 1.807) is 32.0 Å². The molecule has 0 spiro atoms. The molecular weight excluding hydrogens is 292 g/mol. The second-order valence-electron chi connectivity index (χ2n) is 4.64. The van der Waals surface area contributed by atoms with E-state index in [9.17, 15) is 8.42 Å². The van der Waals surface area contributed by atoms with Crippen LogP contribution in [0.15, 0.2) is 34.0 Å². The lowest BCUT2D eigenvalue weighted by molar-refractivity contribution is 0.595. The summed E-state index contributed by atoms with van der Waals surface area (Å²) >= 11 is 0. The number of nitrogens with two attached hydrogens (primary N) is 1. The smallest absolute Gasteiger partial charge is 0.287 e. The normalized spacial score (nSPS) is 12.0. The van der Waals surface area contributed by atoms with Crippen LogP contribution in [-0.4, -0.2) is 48.5 Å². The van der Waals surface area contributed by atoms with Gasteiger partial charge in [-0.25, -0.2) is 0 Å². The van der Waals surface area contributed by atoms with Crippen LogP contribution < -0.4 is 5.73 Å². The first-order valence-electron chi connectivity index (χ1n) is 6.01. The SMILES string of the molecule is CN(C)C=NS(=O)(=O)c1c(N)ccnc1-c1cnn(C)c1. The van der Waals surface area contributed by atoms with Crippen molar-refractivity contribution < 1.29 is 8.42 Å². The first kappa shape index (κ1) is 15.0. The second-order valence-corrected chi connectivity index (χ2v) is 6.21. The molecule has 0 aliphatic rings. The zero-order valence-electron chi connectivity index (χ0n) is 11.9. The maximum Gasteiger partial charge on any atom is 0.287 e. The number of anilines is 1. The Hall–Kier alpha value is -2.42. The molecule has 0 saturated heterocycles.